The van der Waals surface area contributed by atoms with Crippen LogP contribution in [-0.2, 0) is 29.4 Å². The highest BCUT2D eigenvalue weighted by molar-refractivity contribution is 6.27. The van der Waals surface area contributed by atoms with Crippen molar-refractivity contribution in [1.29, 1.82) is 0 Å². The molecule has 54 heavy (non-hydrogen) atoms. The number of fused-ring (bicyclic) bond motifs is 1. The zero-order valence-electron chi connectivity index (χ0n) is 29.3. The summed E-state index contributed by atoms with van der Waals surface area (Å²) in [5.41, 5.74) is 2.27. The van der Waals surface area contributed by atoms with Gasteiger partial charge in [-0.15, -0.1) is 0 Å². The van der Waals surface area contributed by atoms with Crippen LogP contribution in [0.3, 0.4) is 0 Å². The summed E-state index contributed by atoms with van der Waals surface area (Å²) in [5.74, 6) is -2.62. The Morgan fingerprint density at radius 3 is 2.13 bits per heavy atom. The minimum Gasteiger partial charge on any atom is -0.497 e. The topological polar surface area (TPSA) is 164 Å². The molecule has 1 aliphatic heterocycles. The van der Waals surface area contributed by atoms with Crippen LogP contribution in [0, 0.1) is 0 Å². The smallest absolute Gasteiger partial charge is 0.416 e. The summed E-state index contributed by atoms with van der Waals surface area (Å²) in [6.45, 7) is 5.05. The van der Waals surface area contributed by atoms with E-state index in [1.165, 1.54) is 11.8 Å². The molecule has 0 aliphatic carbocycles. The number of carbonyl (C=O) groups excluding carboxylic acids is 2. The largest absolute Gasteiger partial charge is 0.497 e. The highest BCUT2D eigenvalue weighted by Crippen LogP contribution is 2.30. The molecule has 13 nitrogen and oxygen atoms in total. The van der Waals surface area contributed by atoms with Crippen LogP contribution in [0.15, 0.2) is 91.1 Å². The average Bonchev–Trinajstić information content (AvgIpc) is 3.47. The first-order valence-corrected chi connectivity index (χ1v) is 16.5. The number of methoxy groups -OCH3 is 1. The maximum Gasteiger partial charge on any atom is 0.416 e. The molecule has 1 aliphatic rings. The predicted molar refractivity (Wildman–Crippen MR) is 191 cm³/mol. The lowest BCUT2D eigenvalue weighted by Gasteiger charge is -2.40. The summed E-state index contributed by atoms with van der Waals surface area (Å²) in [6, 6.07) is 22.6. The van der Waals surface area contributed by atoms with Crippen LogP contribution in [0.5, 0.6) is 17.4 Å². The van der Waals surface area contributed by atoms with Crippen molar-refractivity contribution in [2.24, 2.45) is 7.05 Å². The zero-order valence-corrected chi connectivity index (χ0v) is 29.3. The Hall–Kier alpha value is -6.42. The number of nitrogens with one attached hydrogen (secondary N) is 1. The van der Waals surface area contributed by atoms with E-state index in [1.54, 1.807) is 25.3 Å². The van der Waals surface area contributed by atoms with Crippen molar-refractivity contribution in [2.75, 3.05) is 32.1 Å². The molecule has 1 fully saturated rings. The van der Waals surface area contributed by atoms with Gasteiger partial charge in [0.1, 0.15) is 17.2 Å². The van der Waals surface area contributed by atoms with Crippen molar-refractivity contribution < 1.29 is 52.0 Å². The standard InChI is InChI=1S/C36H34F3N5O4.C2H2O4/c1-23-21-43(22-24-4-11-29(47-3)12-5-24)16-17-44(23)35(46)32-19-26-18-30(13-14-31(26)42(32)2)48-33-15-10-28(20-40-33)41-34(45)25-6-8-27(9-7-25)36(37,38)39;3-1(4)2(5)6/h4-15,18-20,23H,16-17,21-22H2,1-3H3,(H,41,45);(H,3,4)(H,5,6). The number of nitrogens with zero attached hydrogens (tertiary/aromatic N) is 4. The number of alkyl halides is 3. The van der Waals surface area contributed by atoms with Gasteiger partial charge in [-0.1, -0.05) is 12.1 Å². The summed E-state index contributed by atoms with van der Waals surface area (Å²) in [6.07, 6.45) is -3.08. The lowest BCUT2D eigenvalue weighted by atomic mass is 10.1. The molecule has 3 aromatic carbocycles. The number of rotatable bonds is 8. The molecular formula is C38H36F3N5O8. The van der Waals surface area contributed by atoms with Crippen LogP contribution in [0.4, 0.5) is 18.9 Å². The maximum absolute atomic E-state index is 13.7. The number of carbonyl (C=O) groups is 4. The number of pyridine rings is 1. The van der Waals surface area contributed by atoms with E-state index in [0.29, 0.717) is 23.7 Å². The van der Waals surface area contributed by atoms with E-state index in [4.69, 9.17) is 29.3 Å². The van der Waals surface area contributed by atoms with E-state index in [1.807, 2.05) is 46.8 Å². The van der Waals surface area contributed by atoms with E-state index in [-0.39, 0.29) is 23.4 Å². The summed E-state index contributed by atoms with van der Waals surface area (Å²) >= 11 is 0. The molecule has 0 saturated carbocycles. The molecule has 1 saturated heterocycles. The van der Waals surface area contributed by atoms with Gasteiger partial charge in [0, 0.05) is 61.8 Å². The van der Waals surface area contributed by atoms with E-state index in [0.717, 1.165) is 60.6 Å². The molecule has 0 bridgehead atoms. The third kappa shape index (κ3) is 9.51. The van der Waals surface area contributed by atoms with Crippen molar-refractivity contribution in [3.05, 3.63) is 114 Å². The predicted octanol–water partition coefficient (Wildman–Crippen LogP) is 6.15. The number of aryl methyl sites for hydroxylation is 1. The Morgan fingerprint density at radius 1 is 0.889 bits per heavy atom. The number of anilines is 1. The van der Waals surface area contributed by atoms with Crippen molar-refractivity contribution in [1.82, 2.24) is 19.4 Å². The fourth-order valence-corrected chi connectivity index (χ4v) is 5.86. The van der Waals surface area contributed by atoms with E-state index in [2.05, 4.69) is 34.3 Å². The summed E-state index contributed by atoms with van der Waals surface area (Å²) in [5, 5.41) is 18.2. The van der Waals surface area contributed by atoms with Gasteiger partial charge in [-0.2, -0.15) is 13.2 Å². The Bertz CT molecular complexity index is 2120. The second kappa shape index (κ2) is 16.5. The fraction of sp³-hybridized carbons (Fsp3) is 0.237. The minimum absolute atomic E-state index is 0.0247. The number of hydrogen-bond acceptors (Lipinski definition) is 8. The minimum atomic E-state index is -4.48. The molecule has 2 amide bonds. The van der Waals surface area contributed by atoms with Gasteiger partial charge in [-0.05, 0) is 79.2 Å². The van der Waals surface area contributed by atoms with Crippen molar-refractivity contribution in [3.8, 4) is 17.4 Å². The number of benzene rings is 3. The van der Waals surface area contributed by atoms with Gasteiger partial charge in [0.25, 0.3) is 11.8 Å². The lowest BCUT2D eigenvalue weighted by Crippen LogP contribution is -2.53. The number of aromatic nitrogens is 2. The van der Waals surface area contributed by atoms with Gasteiger partial charge in [-0.3, -0.25) is 14.5 Å². The molecule has 2 aromatic heterocycles. The monoisotopic (exact) mass is 747 g/mol. The van der Waals surface area contributed by atoms with Crippen LogP contribution in [-0.4, -0.2) is 86.1 Å². The second-order valence-corrected chi connectivity index (χ2v) is 12.4. The molecule has 16 heteroatoms. The maximum atomic E-state index is 13.7. The molecule has 0 radical (unpaired) electrons. The first kappa shape index (κ1) is 38.8. The highest BCUT2D eigenvalue weighted by Gasteiger charge is 2.31. The molecule has 282 valence electrons. The summed E-state index contributed by atoms with van der Waals surface area (Å²) in [4.78, 5) is 52.9. The average molecular weight is 748 g/mol. The lowest BCUT2D eigenvalue weighted by molar-refractivity contribution is -0.159. The van der Waals surface area contributed by atoms with Gasteiger partial charge in [0.2, 0.25) is 5.88 Å². The van der Waals surface area contributed by atoms with Crippen LogP contribution in [0.2, 0.25) is 0 Å². The van der Waals surface area contributed by atoms with Crippen LogP contribution < -0.4 is 14.8 Å². The molecule has 6 rings (SSSR count). The fourth-order valence-electron chi connectivity index (χ4n) is 5.86. The number of carboxylic acids is 2. The Kier molecular flexibility index (Phi) is 11.9. The van der Waals surface area contributed by atoms with E-state index >= 15 is 0 Å². The Balaban J connectivity index is 0.000000864. The van der Waals surface area contributed by atoms with Crippen LogP contribution in [0.1, 0.15) is 38.9 Å². The molecule has 1 atom stereocenters. The second-order valence-electron chi connectivity index (χ2n) is 12.4. The summed E-state index contributed by atoms with van der Waals surface area (Å²) < 4.78 is 51.5. The normalized spacial score (nSPS) is 14.5. The number of carboxylic acid groups (broad SMARTS) is 2. The quantitative estimate of drug-likeness (QED) is 0.157. The first-order chi connectivity index (χ1) is 25.6. The van der Waals surface area contributed by atoms with Crippen molar-refractivity contribution in [2.45, 2.75) is 25.7 Å². The van der Waals surface area contributed by atoms with E-state index in [9.17, 15) is 22.8 Å². The zero-order chi connectivity index (χ0) is 39.2. The number of hydrogen-bond donors (Lipinski definition) is 3. The molecule has 3 N–H and O–H groups in total. The van der Waals surface area contributed by atoms with Crippen LogP contribution in [0.25, 0.3) is 10.9 Å². The molecular weight excluding hydrogens is 711 g/mol. The third-order valence-corrected chi connectivity index (χ3v) is 8.64. The number of piperazine rings is 1. The summed E-state index contributed by atoms with van der Waals surface area (Å²) in [7, 11) is 3.53. The SMILES string of the molecule is COc1ccc(CN2CCN(C(=O)c3cc4cc(Oc5ccc(NC(=O)c6ccc(C(F)(F)F)cc6)cn5)ccc4n3C)C(C)C2)cc1.O=C(O)C(=O)O. The van der Waals surface area contributed by atoms with Gasteiger partial charge >= 0.3 is 18.1 Å². The van der Waals surface area contributed by atoms with E-state index < -0.39 is 29.6 Å². The van der Waals surface area contributed by atoms with Crippen LogP contribution >= 0.6 is 0 Å². The molecule has 5 aromatic rings. The molecule has 0 spiro atoms. The van der Waals surface area contributed by atoms with Gasteiger partial charge in [0.15, 0.2) is 0 Å². The number of aliphatic carboxylic acids is 2. The molecule has 1 unspecified atom stereocenters. The van der Waals surface area contributed by atoms with Gasteiger partial charge < -0.3 is 34.5 Å². The Labute approximate surface area is 307 Å². The number of ether oxygens (including phenoxy) is 2. The van der Waals surface area contributed by atoms with Gasteiger partial charge in [0.05, 0.1) is 24.6 Å². The first-order valence-electron chi connectivity index (χ1n) is 16.5. The number of halogens is 3. The van der Waals surface area contributed by atoms with Crippen molar-refractivity contribution >= 4 is 40.3 Å². The highest BCUT2D eigenvalue weighted by atomic mass is 19.4. The van der Waals surface area contributed by atoms with Crippen molar-refractivity contribution in [3.63, 3.8) is 0 Å². The van der Waals surface area contributed by atoms with Gasteiger partial charge in [-0.25, -0.2) is 14.6 Å². The number of amides is 2. The third-order valence-electron chi connectivity index (χ3n) is 8.64. The molecule has 3 heterocycles. The Morgan fingerprint density at radius 2 is 1.56 bits per heavy atom.